The van der Waals surface area contributed by atoms with Crippen LogP contribution in [0.1, 0.15) is 65.7 Å². The molecular formula is C31H50N6O9. The largest absolute Gasteiger partial charge is 0.443 e. The summed E-state index contributed by atoms with van der Waals surface area (Å²) in [5.41, 5.74) is 10.8. The summed E-state index contributed by atoms with van der Waals surface area (Å²) in [7, 11) is 1.65. The number of hydrogen-bond donors (Lipinski definition) is 6. The average molecular weight is 651 g/mol. The Morgan fingerprint density at radius 2 is 1.54 bits per heavy atom. The topological polar surface area (TPSA) is 215 Å². The highest BCUT2D eigenvalue weighted by Crippen LogP contribution is 2.59. The van der Waals surface area contributed by atoms with Gasteiger partial charge in [-0.3, -0.25) is 19.2 Å². The van der Waals surface area contributed by atoms with Gasteiger partial charge in [-0.1, -0.05) is 11.6 Å². The number of carbonyl (C=O) groups is 5. The van der Waals surface area contributed by atoms with Crippen molar-refractivity contribution in [1.82, 2.24) is 26.8 Å². The molecule has 3 amide bonds. The first-order valence-corrected chi connectivity index (χ1v) is 16.1. The Morgan fingerprint density at radius 3 is 2.15 bits per heavy atom. The van der Waals surface area contributed by atoms with Gasteiger partial charge in [0.25, 0.3) is 0 Å². The Kier molecular flexibility index (Phi) is 12.3. The molecule has 2 aliphatic heterocycles. The first-order chi connectivity index (χ1) is 21.9. The number of nitrogens with one attached hydrogen (secondary N) is 5. The second kappa shape index (κ2) is 15.8. The Bertz CT molecular complexity index is 1170. The van der Waals surface area contributed by atoms with Gasteiger partial charge < -0.3 is 40.6 Å². The molecule has 15 heteroatoms. The van der Waals surface area contributed by atoms with E-state index >= 15 is 0 Å². The number of hydrazine groups is 1. The quantitative estimate of drug-likeness (QED) is 0.0411. The Hall–Kier alpha value is -2.95. The Labute approximate surface area is 269 Å². The number of amides is 3. The van der Waals surface area contributed by atoms with Crippen LogP contribution in [-0.4, -0.2) is 111 Å². The van der Waals surface area contributed by atoms with E-state index < -0.39 is 41.8 Å². The number of nitrogens with two attached hydrogens (primary N) is 1. The number of hydrogen-bond acceptors (Lipinski definition) is 12. The van der Waals surface area contributed by atoms with Crippen LogP contribution in [0.15, 0.2) is 11.6 Å². The van der Waals surface area contributed by atoms with Crippen LogP contribution < -0.4 is 32.5 Å². The van der Waals surface area contributed by atoms with Gasteiger partial charge in [0.05, 0.1) is 44.8 Å². The normalized spacial score (nSPS) is 33.0. The molecule has 2 saturated carbocycles. The molecule has 0 bridgehead atoms. The molecular weight excluding hydrogens is 600 g/mol. The molecule has 258 valence electrons. The van der Waals surface area contributed by atoms with E-state index in [-0.39, 0.29) is 61.4 Å². The highest BCUT2D eigenvalue weighted by molar-refractivity contribution is 6.39. The van der Waals surface area contributed by atoms with Crippen LogP contribution >= 0.6 is 0 Å². The van der Waals surface area contributed by atoms with Crippen molar-refractivity contribution in [2.45, 2.75) is 107 Å². The van der Waals surface area contributed by atoms with Gasteiger partial charge in [-0.15, -0.1) is 0 Å². The van der Waals surface area contributed by atoms with Crippen LogP contribution in [0.25, 0.3) is 0 Å². The van der Waals surface area contributed by atoms with Crippen molar-refractivity contribution < 1.29 is 42.9 Å². The third-order valence-corrected chi connectivity index (χ3v) is 9.48. The predicted molar refractivity (Wildman–Crippen MR) is 165 cm³/mol. The van der Waals surface area contributed by atoms with Crippen molar-refractivity contribution in [2.24, 2.45) is 11.7 Å². The third kappa shape index (κ3) is 9.32. The summed E-state index contributed by atoms with van der Waals surface area (Å²) in [6.45, 7) is 5.78. The molecule has 0 aromatic carbocycles. The number of allylic oxidation sites excluding steroid dienone is 1. The van der Waals surface area contributed by atoms with E-state index in [2.05, 4.69) is 53.6 Å². The van der Waals surface area contributed by atoms with Gasteiger partial charge >= 0.3 is 6.09 Å². The van der Waals surface area contributed by atoms with Gasteiger partial charge in [0, 0.05) is 19.2 Å². The molecule has 0 radical (unpaired) electrons. The number of ether oxygens (including phenoxy) is 4. The summed E-state index contributed by atoms with van der Waals surface area (Å²) in [6.07, 6.45) is 6.00. The Morgan fingerprint density at radius 1 is 0.913 bits per heavy atom. The summed E-state index contributed by atoms with van der Waals surface area (Å²) in [4.78, 5) is 59.9. The lowest BCUT2D eigenvalue weighted by Gasteiger charge is -2.42. The summed E-state index contributed by atoms with van der Waals surface area (Å²) in [6, 6.07) is -0.127. The predicted octanol–water partition coefficient (Wildman–Crippen LogP) is -0.476. The SMILES string of the molecule is COC1C(OC(=O)NC2CCC(NC(=O)CNNCC(=O)C(=O)CNC(=O)CN)CC2)CC[C@]2(CO2)C1C1(C)O[C@@H]1CC=C(C)C. The lowest BCUT2D eigenvalue weighted by molar-refractivity contribution is -0.136. The minimum absolute atomic E-state index is 0.0467. The molecule has 4 rings (SSSR count). The van der Waals surface area contributed by atoms with Gasteiger partial charge in [-0.2, -0.15) is 0 Å². The van der Waals surface area contributed by atoms with E-state index in [1.165, 1.54) is 5.57 Å². The van der Waals surface area contributed by atoms with Crippen LogP contribution in [0.5, 0.6) is 0 Å². The summed E-state index contributed by atoms with van der Waals surface area (Å²) >= 11 is 0. The van der Waals surface area contributed by atoms with Crippen LogP contribution in [0.2, 0.25) is 0 Å². The second-order valence-electron chi connectivity index (χ2n) is 13.1. The average Bonchev–Trinajstić information content (AvgIpc) is 3.94. The minimum Gasteiger partial charge on any atom is -0.443 e. The highest BCUT2D eigenvalue weighted by Gasteiger charge is 2.72. The molecule has 2 heterocycles. The van der Waals surface area contributed by atoms with Crippen molar-refractivity contribution in [3.05, 3.63) is 11.6 Å². The molecule has 7 N–H and O–H groups in total. The van der Waals surface area contributed by atoms with Crippen LogP contribution in [-0.2, 0) is 38.1 Å². The van der Waals surface area contributed by atoms with Crippen molar-refractivity contribution in [3.63, 3.8) is 0 Å². The van der Waals surface area contributed by atoms with Crippen molar-refractivity contribution >= 4 is 29.5 Å². The minimum atomic E-state index is -0.774. The summed E-state index contributed by atoms with van der Waals surface area (Å²) in [5.74, 6) is -2.38. The third-order valence-electron chi connectivity index (χ3n) is 9.48. The molecule has 0 aromatic rings. The van der Waals surface area contributed by atoms with Gasteiger partial charge in [-0.05, 0) is 65.7 Å². The van der Waals surface area contributed by atoms with Gasteiger partial charge in [-0.25, -0.2) is 15.6 Å². The monoisotopic (exact) mass is 650 g/mol. The van der Waals surface area contributed by atoms with E-state index in [0.717, 1.165) is 12.8 Å². The number of rotatable bonds is 16. The van der Waals surface area contributed by atoms with Gasteiger partial charge in [0.2, 0.25) is 23.4 Å². The number of carbonyl (C=O) groups excluding carboxylic acids is 5. The summed E-state index contributed by atoms with van der Waals surface area (Å²) < 4.78 is 24.2. The maximum Gasteiger partial charge on any atom is 0.407 e. The maximum atomic E-state index is 13.0. The van der Waals surface area contributed by atoms with Gasteiger partial charge in [0.15, 0.2) is 0 Å². The van der Waals surface area contributed by atoms with Crippen LogP contribution in [0.4, 0.5) is 4.79 Å². The van der Waals surface area contributed by atoms with Crippen LogP contribution in [0.3, 0.4) is 0 Å². The molecule has 2 aliphatic carbocycles. The highest BCUT2D eigenvalue weighted by atomic mass is 16.6. The molecule has 4 unspecified atom stereocenters. The number of Topliss-reactive ketones (excluding diaryl/α,β-unsaturated/α-hetero) is 2. The zero-order valence-electron chi connectivity index (χ0n) is 27.3. The maximum absolute atomic E-state index is 13.0. The Balaban J connectivity index is 1.14. The first-order valence-electron chi connectivity index (χ1n) is 16.1. The molecule has 46 heavy (non-hydrogen) atoms. The molecule has 0 aromatic heterocycles. The number of methoxy groups -OCH3 is 1. The molecule has 15 nitrogen and oxygen atoms in total. The van der Waals surface area contributed by atoms with Crippen LogP contribution in [0, 0.1) is 5.92 Å². The van der Waals surface area contributed by atoms with E-state index in [1.807, 2.05) is 0 Å². The molecule has 4 fully saturated rings. The number of ketones is 2. The van der Waals surface area contributed by atoms with E-state index in [9.17, 15) is 24.0 Å². The zero-order valence-corrected chi connectivity index (χ0v) is 27.3. The van der Waals surface area contributed by atoms with E-state index in [0.29, 0.717) is 38.7 Å². The summed E-state index contributed by atoms with van der Waals surface area (Å²) in [5, 5.41) is 8.17. The number of alkyl carbamates (subject to hydrolysis) is 1. The zero-order chi connectivity index (χ0) is 33.5. The fraction of sp³-hybridized carbons (Fsp3) is 0.774. The fourth-order valence-electron chi connectivity index (χ4n) is 6.80. The van der Waals surface area contributed by atoms with Crippen molar-refractivity contribution in [3.8, 4) is 0 Å². The van der Waals surface area contributed by atoms with Crippen molar-refractivity contribution in [2.75, 3.05) is 39.9 Å². The second-order valence-corrected chi connectivity index (χ2v) is 13.1. The first kappa shape index (κ1) is 35.9. The lowest BCUT2D eigenvalue weighted by atomic mass is 9.68. The van der Waals surface area contributed by atoms with Crippen molar-refractivity contribution in [1.29, 1.82) is 0 Å². The fourth-order valence-corrected chi connectivity index (χ4v) is 6.80. The standard InChI is InChI=1S/C31H50N6O9/c1-18(2)5-10-24-30(3,46-24)28-27(43-4)23(11-12-31(28)17-44-31)45-29(42)37-20-8-6-19(7-9-20)36-26(41)16-35-34-15-22(39)21(38)14-33-25(40)13-32/h5,19-20,23-24,27-28,34-35H,6-17,32H2,1-4H3,(H,33,40)(H,36,41)(H,37,42)/t19?,20?,23?,24-,27?,28?,30?,31+/m1/s1. The molecule has 2 saturated heterocycles. The smallest absolute Gasteiger partial charge is 0.407 e. The van der Waals surface area contributed by atoms with E-state index in [1.54, 1.807) is 7.11 Å². The van der Waals surface area contributed by atoms with Gasteiger partial charge in [0.1, 0.15) is 23.4 Å². The van der Waals surface area contributed by atoms with E-state index in [4.69, 9.17) is 24.7 Å². The molecule has 6 atom stereocenters. The molecule has 1 spiro atoms. The number of epoxide rings is 2. The molecule has 4 aliphatic rings. The lowest BCUT2D eigenvalue weighted by Crippen LogP contribution is -2.56.